The summed E-state index contributed by atoms with van der Waals surface area (Å²) in [6.45, 7) is 8.97. The summed E-state index contributed by atoms with van der Waals surface area (Å²) >= 11 is 1.60. The van der Waals surface area contributed by atoms with E-state index in [4.69, 9.17) is 5.10 Å². The monoisotopic (exact) mass is 389 g/mol. The molecule has 1 N–H and O–H groups in total. The van der Waals surface area contributed by atoms with Crippen LogP contribution < -0.4 is 4.72 Å². The van der Waals surface area contributed by atoms with Crippen molar-refractivity contribution in [3.05, 3.63) is 77.9 Å². The van der Waals surface area contributed by atoms with Crippen molar-refractivity contribution in [2.75, 3.05) is 4.72 Å². The van der Waals surface area contributed by atoms with Gasteiger partial charge in [-0.15, -0.1) is 0 Å². The summed E-state index contributed by atoms with van der Waals surface area (Å²) in [6.07, 6.45) is 7.54. The summed E-state index contributed by atoms with van der Waals surface area (Å²) in [5, 5.41) is 6.18. The number of nitrogens with zero attached hydrogens (tertiary/aromatic N) is 2. The van der Waals surface area contributed by atoms with E-state index >= 15 is 0 Å². The number of fused-ring (bicyclic) bond motifs is 1. The van der Waals surface area contributed by atoms with Crippen molar-refractivity contribution < 1.29 is 0 Å². The van der Waals surface area contributed by atoms with Gasteiger partial charge < -0.3 is 4.72 Å². The molecule has 3 nitrogen and oxygen atoms in total. The van der Waals surface area contributed by atoms with Gasteiger partial charge in [-0.05, 0) is 66.1 Å². The van der Waals surface area contributed by atoms with Gasteiger partial charge in [0, 0.05) is 10.3 Å². The Balaban J connectivity index is 1.77. The van der Waals surface area contributed by atoms with Crippen LogP contribution in [0.3, 0.4) is 0 Å². The third-order valence-electron chi connectivity index (χ3n) is 5.26. The van der Waals surface area contributed by atoms with Gasteiger partial charge in [-0.3, -0.25) is 4.68 Å². The number of allylic oxidation sites excluding steroid dienone is 4. The van der Waals surface area contributed by atoms with Crippen LogP contribution in [0.2, 0.25) is 0 Å². The van der Waals surface area contributed by atoms with Gasteiger partial charge in [0.15, 0.2) is 5.82 Å². The largest absolute Gasteiger partial charge is 0.308 e. The molecule has 0 aliphatic heterocycles. The van der Waals surface area contributed by atoms with Crippen LogP contribution in [0.5, 0.6) is 0 Å². The molecule has 144 valence electrons. The molecule has 0 radical (unpaired) electrons. The van der Waals surface area contributed by atoms with E-state index in [0.717, 1.165) is 12.2 Å². The van der Waals surface area contributed by atoms with Crippen molar-refractivity contribution in [1.29, 1.82) is 0 Å². The Hall–Kier alpha value is -2.46. The van der Waals surface area contributed by atoms with Gasteiger partial charge in [-0.25, -0.2) is 0 Å². The Morgan fingerprint density at radius 2 is 1.89 bits per heavy atom. The van der Waals surface area contributed by atoms with Gasteiger partial charge in [0.1, 0.15) is 0 Å². The van der Waals surface area contributed by atoms with Gasteiger partial charge in [0.25, 0.3) is 0 Å². The topological polar surface area (TPSA) is 29.9 Å². The zero-order valence-corrected chi connectivity index (χ0v) is 17.8. The molecule has 1 atom stereocenters. The minimum Gasteiger partial charge on any atom is -0.308 e. The third-order valence-corrected chi connectivity index (χ3v) is 6.06. The van der Waals surface area contributed by atoms with E-state index in [2.05, 4.69) is 97.8 Å². The van der Waals surface area contributed by atoms with Crippen LogP contribution in [0.1, 0.15) is 45.7 Å². The van der Waals surface area contributed by atoms with Crippen molar-refractivity contribution in [1.82, 2.24) is 9.78 Å². The molecular weight excluding hydrogens is 362 g/mol. The Labute approximate surface area is 171 Å². The Morgan fingerprint density at radius 1 is 1.11 bits per heavy atom. The molecule has 4 heteroatoms. The Kier molecular flexibility index (Phi) is 5.07. The van der Waals surface area contributed by atoms with Gasteiger partial charge >= 0.3 is 0 Å². The Bertz CT molecular complexity index is 1040. The highest BCUT2D eigenvalue weighted by Gasteiger charge is 2.22. The second-order valence-corrected chi connectivity index (χ2v) is 9.26. The average molecular weight is 390 g/mol. The van der Waals surface area contributed by atoms with Crippen LogP contribution in [-0.2, 0) is 5.41 Å². The lowest BCUT2D eigenvalue weighted by molar-refractivity contribution is 0.532. The molecule has 0 fully saturated rings. The first-order chi connectivity index (χ1) is 13.4. The molecule has 0 bridgehead atoms. The SMILES string of the molecule is CC1=CC=CCC1n1nc(NSc2ccccc2)c2ccc(C(C)(C)C)cc21. The maximum atomic E-state index is 5.01. The molecule has 1 aromatic heterocycles. The average Bonchev–Trinajstić information content (AvgIpc) is 3.05. The van der Waals surface area contributed by atoms with E-state index in [1.165, 1.54) is 26.9 Å². The van der Waals surface area contributed by atoms with Crippen molar-refractivity contribution in [2.24, 2.45) is 0 Å². The molecule has 1 heterocycles. The van der Waals surface area contributed by atoms with Gasteiger partial charge in [0.2, 0.25) is 0 Å². The zero-order chi connectivity index (χ0) is 19.7. The molecule has 1 unspecified atom stereocenters. The van der Waals surface area contributed by atoms with E-state index in [1.54, 1.807) is 11.9 Å². The third kappa shape index (κ3) is 3.74. The van der Waals surface area contributed by atoms with Crippen LogP contribution in [0, 0.1) is 0 Å². The highest BCUT2D eigenvalue weighted by Crippen LogP contribution is 2.36. The second kappa shape index (κ2) is 7.51. The summed E-state index contributed by atoms with van der Waals surface area (Å²) in [7, 11) is 0. The maximum Gasteiger partial charge on any atom is 0.166 e. The van der Waals surface area contributed by atoms with Crippen molar-refractivity contribution in [3.8, 4) is 0 Å². The minimum atomic E-state index is 0.104. The normalized spacial score (nSPS) is 17.0. The highest BCUT2D eigenvalue weighted by atomic mass is 32.2. The molecule has 1 aliphatic carbocycles. The molecule has 28 heavy (non-hydrogen) atoms. The second-order valence-electron chi connectivity index (χ2n) is 8.38. The lowest BCUT2D eigenvalue weighted by Gasteiger charge is -2.22. The van der Waals surface area contributed by atoms with Crippen molar-refractivity contribution in [3.63, 3.8) is 0 Å². The summed E-state index contributed by atoms with van der Waals surface area (Å²) in [5.41, 5.74) is 3.97. The zero-order valence-electron chi connectivity index (χ0n) is 16.9. The van der Waals surface area contributed by atoms with Gasteiger partial charge in [0.05, 0.1) is 11.6 Å². The molecule has 0 spiro atoms. The lowest BCUT2D eigenvalue weighted by atomic mass is 9.86. The van der Waals surface area contributed by atoms with E-state index < -0.39 is 0 Å². The predicted molar refractivity (Wildman–Crippen MR) is 121 cm³/mol. The van der Waals surface area contributed by atoms with Crippen LogP contribution in [0.4, 0.5) is 5.82 Å². The first-order valence-corrected chi connectivity index (χ1v) is 10.6. The molecule has 0 saturated heterocycles. The number of benzene rings is 2. The number of aromatic nitrogens is 2. The van der Waals surface area contributed by atoms with Crippen LogP contribution in [0.15, 0.2) is 77.2 Å². The molecular formula is C24H27N3S. The smallest absolute Gasteiger partial charge is 0.166 e. The molecule has 4 rings (SSSR count). The molecule has 0 amide bonds. The van der Waals surface area contributed by atoms with Crippen molar-refractivity contribution in [2.45, 2.75) is 50.5 Å². The van der Waals surface area contributed by atoms with Crippen LogP contribution in [-0.4, -0.2) is 9.78 Å². The van der Waals surface area contributed by atoms with Crippen LogP contribution in [0.25, 0.3) is 10.9 Å². The fraction of sp³-hybridized carbons (Fsp3) is 0.292. The van der Waals surface area contributed by atoms with Crippen LogP contribution >= 0.6 is 11.9 Å². The summed E-state index contributed by atoms with van der Waals surface area (Å²) < 4.78 is 5.69. The van der Waals surface area contributed by atoms with Gasteiger partial charge in [-0.2, -0.15) is 5.10 Å². The quantitative estimate of drug-likeness (QED) is 0.492. The fourth-order valence-corrected chi connectivity index (χ4v) is 4.19. The van der Waals surface area contributed by atoms with E-state index in [-0.39, 0.29) is 11.5 Å². The molecule has 2 aromatic carbocycles. The summed E-state index contributed by atoms with van der Waals surface area (Å²) in [5.74, 6) is 0.923. The molecule has 0 saturated carbocycles. The van der Waals surface area contributed by atoms with Gasteiger partial charge in [-0.1, -0.05) is 63.3 Å². The standard InChI is InChI=1S/C24H27N3S/c1-17-10-8-9-13-21(17)27-22-16-18(24(2,3)4)14-15-20(22)23(25-27)26-28-19-11-6-5-7-12-19/h5-12,14-16,21H,13H2,1-4H3,(H,25,26). The van der Waals surface area contributed by atoms with E-state index in [1.807, 2.05) is 6.07 Å². The minimum absolute atomic E-state index is 0.104. The maximum absolute atomic E-state index is 5.01. The molecule has 1 aliphatic rings. The Morgan fingerprint density at radius 3 is 2.61 bits per heavy atom. The molecule has 3 aromatic rings. The van der Waals surface area contributed by atoms with Crippen molar-refractivity contribution >= 4 is 28.7 Å². The number of rotatable bonds is 4. The first kappa shape index (κ1) is 18.9. The van der Waals surface area contributed by atoms with E-state index in [9.17, 15) is 0 Å². The number of hydrogen-bond donors (Lipinski definition) is 1. The summed E-state index contributed by atoms with van der Waals surface area (Å²) in [4.78, 5) is 1.17. The van der Waals surface area contributed by atoms with E-state index in [0.29, 0.717) is 0 Å². The first-order valence-electron chi connectivity index (χ1n) is 9.77. The predicted octanol–water partition coefficient (Wildman–Crippen LogP) is 6.90. The number of hydrogen-bond acceptors (Lipinski definition) is 3. The summed E-state index contributed by atoms with van der Waals surface area (Å²) in [6, 6.07) is 17.4. The number of nitrogens with one attached hydrogen (secondary N) is 1. The number of anilines is 1. The lowest BCUT2D eigenvalue weighted by Crippen LogP contribution is -2.14. The fourth-order valence-electron chi connectivity index (χ4n) is 3.53. The highest BCUT2D eigenvalue weighted by molar-refractivity contribution is 8.00.